The fourth-order valence-electron chi connectivity index (χ4n) is 0.956. The number of hydrogen-bond donors (Lipinski definition) is 2. The van der Waals surface area contributed by atoms with E-state index in [1.807, 2.05) is 0 Å². The third-order valence-electron chi connectivity index (χ3n) is 1.64. The average Bonchev–Trinajstić information content (AvgIpc) is 2.24. The SMILES string of the molecule is NC(=O)OCCNC(=O)c1cnccc1Cl. The summed E-state index contributed by atoms with van der Waals surface area (Å²) >= 11 is 5.78. The number of nitrogens with two attached hydrogens (primary N) is 1. The van der Waals surface area contributed by atoms with Gasteiger partial charge < -0.3 is 15.8 Å². The van der Waals surface area contributed by atoms with Crippen molar-refractivity contribution in [2.45, 2.75) is 0 Å². The summed E-state index contributed by atoms with van der Waals surface area (Å²) in [5.41, 5.74) is 5.01. The van der Waals surface area contributed by atoms with Gasteiger partial charge in [-0.3, -0.25) is 9.78 Å². The second kappa shape index (κ2) is 5.92. The number of nitrogens with one attached hydrogen (secondary N) is 1. The summed E-state index contributed by atoms with van der Waals surface area (Å²) in [5, 5.41) is 2.81. The zero-order valence-electron chi connectivity index (χ0n) is 8.27. The van der Waals surface area contributed by atoms with Gasteiger partial charge >= 0.3 is 6.09 Å². The lowest BCUT2D eigenvalue weighted by molar-refractivity contribution is 0.0936. The van der Waals surface area contributed by atoms with Gasteiger partial charge in [0, 0.05) is 12.4 Å². The van der Waals surface area contributed by atoms with Gasteiger partial charge in [0.1, 0.15) is 6.61 Å². The van der Waals surface area contributed by atoms with Crippen molar-refractivity contribution in [3.05, 3.63) is 29.0 Å². The Bertz CT molecular complexity index is 397. The van der Waals surface area contributed by atoms with Crippen molar-refractivity contribution in [2.75, 3.05) is 13.2 Å². The fourth-order valence-corrected chi connectivity index (χ4v) is 1.15. The van der Waals surface area contributed by atoms with Crippen LogP contribution in [0.4, 0.5) is 4.79 Å². The topological polar surface area (TPSA) is 94.3 Å². The van der Waals surface area contributed by atoms with Gasteiger partial charge in [-0.2, -0.15) is 0 Å². The predicted molar refractivity (Wildman–Crippen MR) is 57.1 cm³/mol. The van der Waals surface area contributed by atoms with Crippen molar-refractivity contribution in [2.24, 2.45) is 5.73 Å². The van der Waals surface area contributed by atoms with E-state index in [1.165, 1.54) is 18.5 Å². The van der Waals surface area contributed by atoms with E-state index in [0.717, 1.165) is 0 Å². The van der Waals surface area contributed by atoms with Gasteiger partial charge in [-0.1, -0.05) is 11.6 Å². The molecule has 86 valence electrons. The summed E-state index contributed by atoms with van der Waals surface area (Å²) in [6.45, 7) is 0.173. The zero-order valence-corrected chi connectivity index (χ0v) is 9.03. The molecule has 1 aromatic heterocycles. The summed E-state index contributed by atoms with van der Waals surface area (Å²) < 4.78 is 4.43. The minimum Gasteiger partial charge on any atom is -0.448 e. The molecule has 0 saturated carbocycles. The molecule has 1 rings (SSSR count). The van der Waals surface area contributed by atoms with E-state index in [2.05, 4.69) is 15.0 Å². The van der Waals surface area contributed by atoms with Crippen LogP contribution < -0.4 is 11.1 Å². The van der Waals surface area contributed by atoms with Gasteiger partial charge in [0.05, 0.1) is 17.1 Å². The fraction of sp³-hybridized carbons (Fsp3) is 0.222. The van der Waals surface area contributed by atoms with E-state index in [0.29, 0.717) is 5.02 Å². The molecule has 2 amide bonds. The molecule has 0 atom stereocenters. The molecule has 16 heavy (non-hydrogen) atoms. The Morgan fingerprint density at radius 1 is 1.56 bits per heavy atom. The van der Waals surface area contributed by atoms with Gasteiger partial charge in [-0.15, -0.1) is 0 Å². The van der Waals surface area contributed by atoms with Crippen molar-refractivity contribution in [1.82, 2.24) is 10.3 Å². The van der Waals surface area contributed by atoms with E-state index >= 15 is 0 Å². The van der Waals surface area contributed by atoms with Crippen LogP contribution >= 0.6 is 11.6 Å². The molecule has 6 nitrogen and oxygen atoms in total. The molecule has 0 aliphatic heterocycles. The predicted octanol–water partition coefficient (Wildman–Crippen LogP) is 0.560. The third kappa shape index (κ3) is 3.74. The first-order valence-electron chi connectivity index (χ1n) is 4.41. The quantitative estimate of drug-likeness (QED) is 0.756. The Kier molecular flexibility index (Phi) is 4.53. The molecule has 0 aliphatic carbocycles. The van der Waals surface area contributed by atoms with Gasteiger partial charge in [0.2, 0.25) is 0 Å². The Morgan fingerprint density at radius 3 is 2.94 bits per heavy atom. The molecule has 0 aliphatic rings. The van der Waals surface area contributed by atoms with Crippen LogP contribution in [0.3, 0.4) is 0 Å². The molecule has 0 aromatic carbocycles. The van der Waals surface area contributed by atoms with E-state index in [1.54, 1.807) is 0 Å². The molecule has 7 heteroatoms. The van der Waals surface area contributed by atoms with Crippen molar-refractivity contribution in [1.29, 1.82) is 0 Å². The number of amides is 2. The molecule has 3 N–H and O–H groups in total. The highest BCUT2D eigenvalue weighted by atomic mass is 35.5. The van der Waals surface area contributed by atoms with E-state index in [9.17, 15) is 9.59 Å². The van der Waals surface area contributed by atoms with Crippen LogP contribution in [0.2, 0.25) is 5.02 Å². The highest BCUT2D eigenvalue weighted by Gasteiger charge is 2.09. The number of aromatic nitrogens is 1. The number of ether oxygens (including phenoxy) is 1. The van der Waals surface area contributed by atoms with Gasteiger partial charge in [-0.05, 0) is 6.07 Å². The number of primary amides is 1. The van der Waals surface area contributed by atoms with Crippen molar-refractivity contribution in [3.8, 4) is 0 Å². The number of halogens is 1. The largest absolute Gasteiger partial charge is 0.448 e. The first-order valence-corrected chi connectivity index (χ1v) is 4.79. The minimum absolute atomic E-state index is 0.0129. The van der Waals surface area contributed by atoms with Crippen LogP contribution in [-0.4, -0.2) is 30.1 Å². The summed E-state index contributed by atoms with van der Waals surface area (Å²) in [5.74, 6) is -0.383. The molecule has 0 fully saturated rings. The molecular weight excluding hydrogens is 234 g/mol. The van der Waals surface area contributed by atoms with E-state index in [4.69, 9.17) is 17.3 Å². The van der Waals surface area contributed by atoms with Gasteiger partial charge in [0.15, 0.2) is 0 Å². The maximum atomic E-state index is 11.5. The number of carbonyl (C=O) groups is 2. The normalized spacial score (nSPS) is 9.56. The maximum absolute atomic E-state index is 11.5. The standard InChI is InChI=1S/C9H10ClN3O3/c10-7-1-2-12-5-6(7)8(14)13-3-4-16-9(11)15/h1-2,5H,3-4H2,(H2,11,15)(H,13,14). The molecule has 0 spiro atoms. The van der Waals surface area contributed by atoms with Crippen LogP contribution in [0.5, 0.6) is 0 Å². The third-order valence-corrected chi connectivity index (χ3v) is 1.97. The minimum atomic E-state index is -0.881. The van der Waals surface area contributed by atoms with Crippen molar-refractivity contribution in [3.63, 3.8) is 0 Å². The first-order chi connectivity index (χ1) is 7.61. The second-order valence-electron chi connectivity index (χ2n) is 2.78. The molecule has 1 heterocycles. The van der Waals surface area contributed by atoms with Gasteiger partial charge in [0.25, 0.3) is 5.91 Å². The Hall–Kier alpha value is -1.82. The molecule has 0 radical (unpaired) electrons. The number of hydrogen-bond acceptors (Lipinski definition) is 4. The van der Waals surface area contributed by atoms with Crippen LogP contribution in [0.1, 0.15) is 10.4 Å². The van der Waals surface area contributed by atoms with Crippen LogP contribution in [0.25, 0.3) is 0 Å². The number of rotatable bonds is 4. The van der Waals surface area contributed by atoms with Crippen LogP contribution in [0, 0.1) is 0 Å². The van der Waals surface area contributed by atoms with E-state index in [-0.39, 0.29) is 24.6 Å². The summed E-state index contributed by atoms with van der Waals surface area (Å²) in [6.07, 6.45) is 1.95. The lowest BCUT2D eigenvalue weighted by Crippen LogP contribution is -2.29. The lowest BCUT2D eigenvalue weighted by Gasteiger charge is -2.05. The number of pyridine rings is 1. The van der Waals surface area contributed by atoms with E-state index < -0.39 is 6.09 Å². The highest BCUT2D eigenvalue weighted by Crippen LogP contribution is 2.12. The van der Waals surface area contributed by atoms with Gasteiger partial charge in [-0.25, -0.2) is 4.79 Å². The Morgan fingerprint density at radius 2 is 2.31 bits per heavy atom. The Balaban J connectivity index is 2.41. The summed E-state index contributed by atoms with van der Waals surface area (Å²) in [4.78, 5) is 25.5. The smallest absolute Gasteiger partial charge is 0.404 e. The molecule has 0 bridgehead atoms. The lowest BCUT2D eigenvalue weighted by atomic mass is 10.2. The number of nitrogens with zero attached hydrogens (tertiary/aromatic N) is 1. The average molecular weight is 244 g/mol. The maximum Gasteiger partial charge on any atom is 0.404 e. The monoisotopic (exact) mass is 243 g/mol. The summed E-state index contributed by atoms with van der Waals surface area (Å²) in [6, 6.07) is 1.51. The second-order valence-corrected chi connectivity index (χ2v) is 3.19. The molecular formula is C9H10ClN3O3. The van der Waals surface area contributed by atoms with Crippen LogP contribution in [0.15, 0.2) is 18.5 Å². The van der Waals surface area contributed by atoms with Crippen molar-refractivity contribution < 1.29 is 14.3 Å². The summed E-state index contributed by atoms with van der Waals surface area (Å²) in [7, 11) is 0. The zero-order chi connectivity index (χ0) is 12.0. The van der Waals surface area contributed by atoms with Crippen molar-refractivity contribution >= 4 is 23.6 Å². The van der Waals surface area contributed by atoms with Crippen LogP contribution in [-0.2, 0) is 4.74 Å². The molecule has 0 unspecified atom stereocenters. The highest BCUT2D eigenvalue weighted by molar-refractivity contribution is 6.33. The molecule has 0 saturated heterocycles. The number of carbonyl (C=O) groups excluding carboxylic acids is 2. The molecule has 1 aromatic rings. The Labute approximate surface area is 96.7 Å². The first kappa shape index (κ1) is 12.3.